The number of carbonyl (C=O) groups is 1. The summed E-state index contributed by atoms with van der Waals surface area (Å²) in [6.45, 7) is -0.200. The van der Waals surface area contributed by atoms with Gasteiger partial charge in [0, 0.05) is 5.39 Å². The third-order valence-electron chi connectivity index (χ3n) is 3.55. The average Bonchev–Trinajstić information content (AvgIpc) is 3.18. The molecule has 0 aliphatic rings. The van der Waals surface area contributed by atoms with Gasteiger partial charge in [-0.05, 0) is 23.6 Å². The highest BCUT2D eigenvalue weighted by Gasteiger charge is 2.06. The van der Waals surface area contributed by atoms with Crippen molar-refractivity contribution in [3.8, 4) is 0 Å². The third-order valence-corrected chi connectivity index (χ3v) is 4.54. The van der Waals surface area contributed by atoms with Crippen LogP contribution in [-0.2, 0) is 11.3 Å². The molecule has 118 valence electrons. The molecule has 0 atom stereocenters. The molecule has 0 saturated heterocycles. The van der Waals surface area contributed by atoms with Crippen molar-refractivity contribution in [3.63, 3.8) is 0 Å². The number of aliphatic carboxylic acids is 1. The number of thiazole rings is 1. The first-order chi connectivity index (χ1) is 11.7. The Bertz CT molecular complexity index is 1080. The van der Waals surface area contributed by atoms with Gasteiger partial charge < -0.3 is 5.11 Å². The molecule has 0 spiro atoms. The van der Waals surface area contributed by atoms with Crippen LogP contribution in [0.2, 0.25) is 0 Å². The van der Waals surface area contributed by atoms with Crippen LogP contribution >= 0.6 is 11.3 Å². The van der Waals surface area contributed by atoms with Gasteiger partial charge in [-0.25, -0.2) is 9.67 Å². The Labute approximate surface area is 140 Å². The largest absolute Gasteiger partial charge is 0.480 e. The third kappa shape index (κ3) is 2.77. The van der Waals surface area contributed by atoms with Crippen LogP contribution in [0.1, 0.15) is 10.7 Å². The predicted molar refractivity (Wildman–Crippen MR) is 93.7 cm³/mol. The van der Waals surface area contributed by atoms with Gasteiger partial charge in [0.1, 0.15) is 17.2 Å². The van der Waals surface area contributed by atoms with Crippen molar-refractivity contribution in [2.75, 3.05) is 0 Å². The molecule has 0 aliphatic heterocycles. The molecule has 0 aliphatic carbocycles. The molecule has 4 rings (SSSR count). The first kappa shape index (κ1) is 14.5. The van der Waals surface area contributed by atoms with E-state index in [4.69, 9.17) is 10.1 Å². The summed E-state index contributed by atoms with van der Waals surface area (Å²) in [5.74, 6) is -0.950. The van der Waals surface area contributed by atoms with Crippen LogP contribution in [0.5, 0.6) is 0 Å². The minimum absolute atomic E-state index is 0.200. The van der Waals surface area contributed by atoms with E-state index >= 15 is 0 Å². The molecule has 0 amide bonds. The number of carboxylic acids is 1. The molecule has 2 aromatic carbocycles. The van der Waals surface area contributed by atoms with E-state index in [2.05, 4.69) is 34.6 Å². The molecule has 2 aromatic heterocycles. The fourth-order valence-electron chi connectivity index (χ4n) is 2.51. The number of benzene rings is 2. The smallest absolute Gasteiger partial charge is 0.325 e. The van der Waals surface area contributed by atoms with Crippen LogP contribution in [0.25, 0.3) is 33.1 Å². The Morgan fingerprint density at radius 2 is 2.08 bits per heavy atom. The van der Waals surface area contributed by atoms with Gasteiger partial charge in [0.2, 0.25) is 0 Å². The number of aromatic nitrogens is 4. The minimum Gasteiger partial charge on any atom is -0.480 e. The molecule has 0 saturated carbocycles. The highest BCUT2D eigenvalue weighted by atomic mass is 32.1. The molecule has 24 heavy (non-hydrogen) atoms. The summed E-state index contributed by atoms with van der Waals surface area (Å²) in [7, 11) is 0. The molecule has 0 bridgehead atoms. The summed E-state index contributed by atoms with van der Waals surface area (Å²) in [5, 5.41) is 19.6. The van der Waals surface area contributed by atoms with Crippen LogP contribution in [0.15, 0.2) is 42.6 Å². The Balaban J connectivity index is 1.66. The number of nitrogens with zero attached hydrogens (tertiary/aromatic N) is 4. The van der Waals surface area contributed by atoms with E-state index in [1.165, 1.54) is 10.1 Å². The molecule has 4 aromatic rings. The zero-order valence-corrected chi connectivity index (χ0v) is 13.3. The van der Waals surface area contributed by atoms with Crippen molar-refractivity contribution in [1.82, 2.24) is 20.0 Å². The lowest BCUT2D eigenvalue weighted by Gasteiger charge is -1.96. The molecule has 7 heteroatoms. The van der Waals surface area contributed by atoms with E-state index in [0.717, 1.165) is 20.6 Å². The van der Waals surface area contributed by atoms with Gasteiger partial charge in [0.05, 0.1) is 16.4 Å². The van der Waals surface area contributed by atoms with Gasteiger partial charge in [0.25, 0.3) is 0 Å². The van der Waals surface area contributed by atoms with Crippen LogP contribution in [0.4, 0.5) is 0 Å². The molecule has 0 unspecified atom stereocenters. The zero-order valence-electron chi connectivity index (χ0n) is 12.5. The highest BCUT2D eigenvalue weighted by Crippen LogP contribution is 2.29. The van der Waals surface area contributed by atoms with E-state index in [9.17, 15) is 4.79 Å². The normalized spacial score (nSPS) is 11.7. The Kier molecular flexibility index (Phi) is 3.55. The first-order valence-corrected chi connectivity index (χ1v) is 8.09. The second-order valence-corrected chi connectivity index (χ2v) is 6.32. The van der Waals surface area contributed by atoms with Gasteiger partial charge in [0.15, 0.2) is 0 Å². The van der Waals surface area contributed by atoms with Crippen LogP contribution in [0, 0.1) is 0 Å². The fourth-order valence-corrected chi connectivity index (χ4v) is 3.40. The maximum Gasteiger partial charge on any atom is 0.325 e. The Morgan fingerprint density at radius 3 is 2.96 bits per heavy atom. The summed E-state index contributed by atoms with van der Waals surface area (Å²) < 4.78 is 2.41. The SMILES string of the molecule is O=C(O)Cn1cc(/C=C/c2nc3c(ccc4ccccc43)s2)nn1. The lowest BCUT2D eigenvalue weighted by Crippen LogP contribution is -2.08. The van der Waals surface area contributed by atoms with Crippen molar-refractivity contribution >= 4 is 50.4 Å². The predicted octanol–water partition coefficient (Wildman–Crippen LogP) is 3.30. The van der Waals surface area contributed by atoms with Gasteiger partial charge >= 0.3 is 5.97 Å². The number of rotatable bonds is 4. The van der Waals surface area contributed by atoms with Crippen molar-refractivity contribution in [1.29, 1.82) is 0 Å². The molecule has 0 fully saturated rings. The van der Waals surface area contributed by atoms with Gasteiger partial charge in [-0.2, -0.15) is 0 Å². The summed E-state index contributed by atoms with van der Waals surface area (Å²) in [6, 6.07) is 12.3. The second-order valence-electron chi connectivity index (χ2n) is 5.25. The standard InChI is InChI=1S/C17H12N4O2S/c22-16(23)10-21-9-12(19-20-21)6-8-15-18-17-13-4-2-1-3-11(13)5-7-14(17)24-15/h1-9H,10H2,(H,22,23)/b8-6+. The topological polar surface area (TPSA) is 80.9 Å². The number of carboxylic acid groups (broad SMARTS) is 1. The van der Waals surface area contributed by atoms with Crippen LogP contribution in [-0.4, -0.2) is 31.1 Å². The van der Waals surface area contributed by atoms with E-state index in [0.29, 0.717) is 5.69 Å². The summed E-state index contributed by atoms with van der Waals surface area (Å²) in [5.41, 5.74) is 1.59. The lowest BCUT2D eigenvalue weighted by molar-refractivity contribution is -0.137. The quantitative estimate of drug-likeness (QED) is 0.618. The van der Waals surface area contributed by atoms with Crippen molar-refractivity contribution < 1.29 is 9.90 Å². The van der Waals surface area contributed by atoms with E-state index in [1.807, 2.05) is 18.2 Å². The maximum absolute atomic E-state index is 10.6. The number of fused-ring (bicyclic) bond motifs is 3. The summed E-state index contributed by atoms with van der Waals surface area (Å²) in [6.07, 6.45) is 5.24. The second kappa shape index (κ2) is 5.86. The van der Waals surface area contributed by atoms with Crippen LogP contribution < -0.4 is 0 Å². The van der Waals surface area contributed by atoms with Crippen LogP contribution in [0.3, 0.4) is 0 Å². The number of hydrogen-bond donors (Lipinski definition) is 1. The molecule has 2 heterocycles. The van der Waals surface area contributed by atoms with Gasteiger partial charge in [-0.15, -0.1) is 16.4 Å². The fraction of sp³-hybridized carbons (Fsp3) is 0.0588. The minimum atomic E-state index is -0.950. The molecular formula is C17H12N4O2S. The molecule has 1 N–H and O–H groups in total. The molecular weight excluding hydrogens is 324 g/mol. The first-order valence-electron chi connectivity index (χ1n) is 7.27. The molecule has 0 radical (unpaired) electrons. The van der Waals surface area contributed by atoms with E-state index in [-0.39, 0.29) is 6.54 Å². The highest BCUT2D eigenvalue weighted by molar-refractivity contribution is 7.19. The van der Waals surface area contributed by atoms with Crippen molar-refractivity contribution in [3.05, 3.63) is 53.3 Å². The Morgan fingerprint density at radius 1 is 1.21 bits per heavy atom. The monoisotopic (exact) mass is 336 g/mol. The van der Waals surface area contributed by atoms with Gasteiger partial charge in [-0.3, -0.25) is 4.79 Å². The lowest BCUT2D eigenvalue weighted by atomic mass is 10.1. The maximum atomic E-state index is 10.6. The van der Waals surface area contributed by atoms with Crippen molar-refractivity contribution in [2.24, 2.45) is 0 Å². The van der Waals surface area contributed by atoms with Crippen molar-refractivity contribution in [2.45, 2.75) is 6.54 Å². The Hall–Kier alpha value is -3.06. The average molecular weight is 336 g/mol. The van der Waals surface area contributed by atoms with Gasteiger partial charge in [-0.1, -0.05) is 35.5 Å². The van der Waals surface area contributed by atoms with E-state index in [1.54, 1.807) is 23.6 Å². The summed E-state index contributed by atoms with van der Waals surface area (Å²) in [4.78, 5) is 15.3. The van der Waals surface area contributed by atoms with E-state index < -0.39 is 5.97 Å². The summed E-state index contributed by atoms with van der Waals surface area (Å²) >= 11 is 1.60. The number of hydrogen-bond acceptors (Lipinski definition) is 5. The zero-order chi connectivity index (χ0) is 16.5. The molecule has 6 nitrogen and oxygen atoms in total.